The topological polar surface area (TPSA) is 37.2 Å². The third-order valence-corrected chi connectivity index (χ3v) is 12.3. The first-order valence-electron chi connectivity index (χ1n) is 21.4. The fourth-order valence-electron chi connectivity index (χ4n) is 9.00. The van der Waals surface area contributed by atoms with Crippen LogP contribution in [0, 0.1) is 20.8 Å². The summed E-state index contributed by atoms with van der Waals surface area (Å²) in [5.41, 5.74) is 16.2. The van der Waals surface area contributed by atoms with Crippen LogP contribution < -0.4 is 9.80 Å². The largest absolute Gasteiger partial charge is 0.336 e. The molecule has 0 aliphatic rings. The Hall–Kier alpha value is -7.47. The molecule has 306 valence electrons. The normalized spacial score (nSPS) is 11.3. The minimum Gasteiger partial charge on any atom is -0.336 e. The van der Waals surface area contributed by atoms with Crippen LogP contribution in [0.15, 0.2) is 200 Å². The van der Waals surface area contributed by atoms with Crippen LogP contribution in [0.4, 0.5) is 22.7 Å². The maximum Gasteiger partial charge on any atom is 0.145 e. The van der Waals surface area contributed by atoms with E-state index in [0.29, 0.717) is 18.1 Å². The summed E-state index contributed by atoms with van der Waals surface area (Å²) < 4.78 is 2.32. The van der Waals surface area contributed by atoms with E-state index in [1.165, 1.54) is 38.9 Å². The molecule has 6 heteroatoms. The summed E-state index contributed by atoms with van der Waals surface area (Å²) in [6.45, 7) is 7.79. The Bertz CT molecular complexity index is 3180. The number of para-hydroxylation sites is 2. The van der Waals surface area contributed by atoms with E-state index in [-0.39, 0.29) is 0 Å². The molecular weight excluding hydrogens is 790 g/mol. The zero-order valence-electron chi connectivity index (χ0n) is 35.6. The van der Waals surface area contributed by atoms with Crippen molar-refractivity contribution >= 4 is 56.2 Å². The smallest absolute Gasteiger partial charge is 0.145 e. The first-order valence-corrected chi connectivity index (χ1v) is 21.8. The molecule has 0 fully saturated rings. The molecular formula is C57H46ClN5. The Morgan fingerprint density at radius 3 is 1.68 bits per heavy atom. The van der Waals surface area contributed by atoms with Gasteiger partial charge in [-0.2, -0.15) is 0 Å². The molecule has 10 aromatic rings. The molecule has 2 heterocycles. The van der Waals surface area contributed by atoms with E-state index >= 15 is 0 Å². The van der Waals surface area contributed by atoms with Gasteiger partial charge in [-0.05, 0) is 115 Å². The summed E-state index contributed by atoms with van der Waals surface area (Å²) in [4.78, 5) is 14.7. The number of aromatic nitrogens is 3. The average Bonchev–Trinajstić information content (AvgIpc) is 3.70. The Morgan fingerprint density at radius 2 is 1.06 bits per heavy atom. The summed E-state index contributed by atoms with van der Waals surface area (Å²) in [6.07, 6.45) is 1.89. The van der Waals surface area contributed by atoms with Crippen LogP contribution >= 0.6 is 11.6 Å². The second-order valence-corrected chi connectivity index (χ2v) is 16.6. The van der Waals surface area contributed by atoms with Crippen LogP contribution in [0.25, 0.3) is 50.1 Å². The van der Waals surface area contributed by atoms with E-state index in [1.807, 2.05) is 6.20 Å². The molecule has 8 aromatic carbocycles. The fraction of sp³-hybridized carbons (Fsp3) is 0.0877. The zero-order valence-corrected chi connectivity index (χ0v) is 36.3. The number of anilines is 4. The minimum atomic E-state index is 0.620. The highest BCUT2D eigenvalue weighted by Crippen LogP contribution is 2.43. The third kappa shape index (κ3) is 7.84. The number of rotatable bonds is 11. The van der Waals surface area contributed by atoms with Gasteiger partial charge in [0, 0.05) is 47.2 Å². The van der Waals surface area contributed by atoms with Gasteiger partial charge in [0.15, 0.2) is 0 Å². The van der Waals surface area contributed by atoms with Crippen molar-refractivity contribution in [2.24, 2.45) is 0 Å². The maximum absolute atomic E-state index is 7.72. The average molecular weight is 836 g/mol. The number of aryl methyl sites for hydroxylation is 3. The number of pyridine rings is 1. The monoisotopic (exact) mass is 835 g/mol. The van der Waals surface area contributed by atoms with Crippen molar-refractivity contribution in [2.45, 2.75) is 33.9 Å². The standard InChI is InChI=1S/C57H46ClN5/c1-39-35-40(2)56(41(3)36-39)63-51-22-13-12-21-50(51)60-57(63)46-27-31-48(32-28-46)62(38-43-17-8-5-9-18-43)53-24-14-23-52(54(53)58)61(37-42-15-6-4-7-16-42)47-29-25-45(26-30-47)55-49-20-11-10-19-44(49)33-34-59-55/h4-36H,37-38H2,1-3H3. The van der Waals surface area contributed by atoms with E-state index in [1.54, 1.807) is 0 Å². The number of nitrogens with zero attached hydrogens (tertiary/aromatic N) is 5. The lowest BCUT2D eigenvalue weighted by atomic mass is 10.0. The van der Waals surface area contributed by atoms with Crippen molar-refractivity contribution in [3.05, 3.63) is 233 Å². The van der Waals surface area contributed by atoms with Gasteiger partial charge in [-0.25, -0.2) is 4.98 Å². The Labute approximate surface area is 374 Å². The second-order valence-electron chi connectivity index (χ2n) is 16.2. The molecule has 0 aliphatic carbocycles. The number of hydrogen-bond donors (Lipinski definition) is 0. The van der Waals surface area contributed by atoms with Crippen molar-refractivity contribution in [2.75, 3.05) is 9.80 Å². The molecule has 0 unspecified atom stereocenters. The second kappa shape index (κ2) is 17.1. The highest BCUT2D eigenvalue weighted by Gasteiger charge is 2.23. The van der Waals surface area contributed by atoms with E-state index in [2.05, 4.69) is 229 Å². The van der Waals surface area contributed by atoms with Gasteiger partial charge in [-0.3, -0.25) is 9.55 Å². The Kier molecular flexibility index (Phi) is 10.8. The molecule has 0 saturated carbocycles. The van der Waals surface area contributed by atoms with Gasteiger partial charge < -0.3 is 9.80 Å². The quantitative estimate of drug-likeness (QED) is 0.130. The maximum atomic E-state index is 7.72. The van der Waals surface area contributed by atoms with Gasteiger partial charge in [0.25, 0.3) is 0 Å². The van der Waals surface area contributed by atoms with Gasteiger partial charge in [-0.1, -0.05) is 145 Å². The van der Waals surface area contributed by atoms with E-state index in [9.17, 15) is 0 Å². The molecule has 5 nitrogen and oxygen atoms in total. The van der Waals surface area contributed by atoms with Gasteiger partial charge in [0.1, 0.15) is 5.82 Å². The van der Waals surface area contributed by atoms with Crippen molar-refractivity contribution < 1.29 is 0 Å². The lowest BCUT2D eigenvalue weighted by Gasteiger charge is -2.31. The molecule has 2 aromatic heterocycles. The summed E-state index contributed by atoms with van der Waals surface area (Å²) >= 11 is 7.72. The predicted molar refractivity (Wildman–Crippen MR) is 264 cm³/mol. The summed E-state index contributed by atoms with van der Waals surface area (Å²) in [5.74, 6) is 0.909. The number of fused-ring (bicyclic) bond motifs is 2. The van der Waals surface area contributed by atoms with Crippen molar-refractivity contribution in [1.29, 1.82) is 0 Å². The molecule has 0 radical (unpaired) electrons. The minimum absolute atomic E-state index is 0.620. The summed E-state index contributed by atoms with van der Waals surface area (Å²) in [7, 11) is 0. The number of imidazole rings is 1. The fourth-order valence-corrected chi connectivity index (χ4v) is 9.33. The molecule has 0 saturated heterocycles. The molecule has 0 N–H and O–H groups in total. The molecule has 0 amide bonds. The molecule has 0 bridgehead atoms. The SMILES string of the molecule is Cc1cc(C)c(-n2c(-c3ccc(N(Cc4ccccc4)c4cccc(N(Cc5ccccc5)c5ccc(-c6nccc7ccccc67)cc5)c4Cl)cc3)nc3ccccc32)c(C)c1. The van der Waals surface area contributed by atoms with E-state index in [0.717, 1.165) is 61.8 Å². The number of halogens is 1. The first kappa shape index (κ1) is 39.7. The lowest BCUT2D eigenvalue weighted by Crippen LogP contribution is -2.20. The summed E-state index contributed by atoms with van der Waals surface area (Å²) in [6, 6.07) is 68.3. The van der Waals surface area contributed by atoms with Crippen LogP contribution in [0.5, 0.6) is 0 Å². The Morgan fingerprint density at radius 1 is 0.524 bits per heavy atom. The van der Waals surface area contributed by atoms with Crippen molar-refractivity contribution in [1.82, 2.24) is 14.5 Å². The molecule has 0 spiro atoms. The van der Waals surface area contributed by atoms with Gasteiger partial charge >= 0.3 is 0 Å². The van der Waals surface area contributed by atoms with Gasteiger partial charge in [0.2, 0.25) is 0 Å². The predicted octanol–water partition coefficient (Wildman–Crippen LogP) is 15.2. The first-order chi connectivity index (χ1) is 30.9. The summed E-state index contributed by atoms with van der Waals surface area (Å²) in [5, 5.41) is 2.97. The van der Waals surface area contributed by atoms with E-state index in [4.69, 9.17) is 21.6 Å². The van der Waals surface area contributed by atoms with Gasteiger partial charge in [-0.15, -0.1) is 0 Å². The molecule has 10 rings (SSSR count). The van der Waals surface area contributed by atoms with Crippen LogP contribution in [0.1, 0.15) is 27.8 Å². The van der Waals surface area contributed by atoms with Crippen LogP contribution in [0.3, 0.4) is 0 Å². The van der Waals surface area contributed by atoms with E-state index < -0.39 is 0 Å². The Balaban J connectivity index is 1.06. The zero-order chi connectivity index (χ0) is 42.9. The highest BCUT2D eigenvalue weighted by molar-refractivity contribution is 6.36. The number of benzene rings is 8. The molecule has 0 aliphatic heterocycles. The lowest BCUT2D eigenvalue weighted by molar-refractivity contribution is 0.958. The van der Waals surface area contributed by atoms with Crippen molar-refractivity contribution in [3.8, 4) is 28.3 Å². The number of hydrogen-bond acceptors (Lipinski definition) is 4. The van der Waals surface area contributed by atoms with Crippen molar-refractivity contribution in [3.63, 3.8) is 0 Å². The van der Waals surface area contributed by atoms with Gasteiger partial charge in [0.05, 0.1) is 38.8 Å². The molecule has 63 heavy (non-hydrogen) atoms. The third-order valence-electron chi connectivity index (χ3n) is 11.9. The van der Waals surface area contributed by atoms with Crippen LogP contribution in [-0.2, 0) is 13.1 Å². The molecule has 0 atom stereocenters. The van der Waals surface area contributed by atoms with Crippen LogP contribution in [-0.4, -0.2) is 14.5 Å². The van der Waals surface area contributed by atoms with Crippen LogP contribution in [0.2, 0.25) is 5.02 Å². The highest BCUT2D eigenvalue weighted by atomic mass is 35.5.